The van der Waals surface area contributed by atoms with Crippen LogP contribution >= 0.6 is 11.6 Å². The number of piperidine rings is 1. The summed E-state index contributed by atoms with van der Waals surface area (Å²) in [5, 5.41) is 8.91. The molecule has 3 heterocycles. The number of nitrogen functional groups attached to an aromatic ring is 1. The fourth-order valence-electron chi connectivity index (χ4n) is 4.80. The number of nitrogens with one attached hydrogen (secondary N) is 1. The van der Waals surface area contributed by atoms with Gasteiger partial charge in [-0.05, 0) is 51.3 Å². The Morgan fingerprint density at radius 3 is 2.60 bits per heavy atom. The van der Waals surface area contributed by atoms with Gasteiger partial charge >= 0.3 is 6.09 Å². The van der Waals surface area contributed by atoms with E-state index in [-0.39, 0.29) is 18.0 Å². The number of nitrogens with two attached hydrogens (primary N) is 1. The van der Waals surface area contributed by atoms with Gasteiger partial charge in [0.25, 0.3) is 5.91 Å². The molecule has 0 saturated carbocycles. The van der Waals surface area contributed by atoms with Crippen LogP contribution in [0.4, 0.5) is 10.6 Å². The van der Waals surface area contributed by atoms with Crippen molar-refractivity contribution in [1.82, 2.24) is 30.0 Å². The van der Waals surface area contributed by atoms with Crippen LogP contribution < -0.4 is 11.1 Å². The Balaban J connectivity index is 1.37. The Hall–Kier alpha value is -4.18. The van der Waals surface area contributed by atoms with Crippen LogP contribution in [0.2, 0.25) is 5.02 Å². The number of halogens is 1. The summed E-state index contributed by atoms with van der Waals surface area (Å²) < 4.78 is 7.46. The molecular formula is C29H32ClN7O3. The van der Waals surface area contributed by atoms with Crippen LogP contribution in [0.3, 0.4) is 0 Å². The SMILES string of the molecule is CC(C)(C)OC(=O)N1CCC[C@@H](n2nc(-c3ccc(CNC(=O)c4ccccc4Cl)cc3)c3c(N)ncnc32)C1. The third-order valence-corrected chi connectivity index (χ3v) is 7.04. The predicted molar refractivity (Wildman–Crippen MR) is 154 cm³/mol. The van der Waals surface area contributed by atoms with E-state index in [0.717, 1.165) is 24.0 Å². The summed E-state index contributed by atoms with van der Waals surface area (Å²) in [6.07, 6.45) is 2.75. The van der Waals surface area contributed by atoms with Crippen LogP contribution in [0.25, 0.3) is 22.3 Å². The maximum Gasteiger partial charge on any atom is 0.410 e. The summed E-state index contributed by atoms with van der Waals surface area (Å²) >= 11 is 6.14. The number of carbonyl (C=O) groups is 2. The van der Waals surface area contributed by atoms with Gasteiger partial charge in [-0.15, -0.1) is 0 Å². The zero-order valence-electron chi connectivity index (χ0n) is 22.7. The number of benzene rings is 2. The van der Waals surface area contributed by atoms with Crippen molar-refractivity contribution in [3.05, 3.63) is 71.0 Å². The lowest BCUT2D eigenvalue weighted by molar-refractivity contribution is 0.0169. The largest absolute Gasteiger partial charge is 0.444 e. The standard InChI is InChI=1S/C29H32ClN7O3/c1-29(2,3)40-28(39)36-14-6-7-20(16-36)37-26-23(25(31)33-17-34-26)24(35-37)19-12-10-18(11-13-19)15-32-27(38)21-8-4-5-9-22(21)30/h4-5,8-13,17,20H,6-7,14-16H2,1-3H3,(H,32,38)(H2,31,33,34)/t20-/m1/s1. The van der Waals surface area contributed by atoms with Gasteiger partial charge in [-0.1, -0.05) is 48.0 Å². The molecular weight excluding hydrogens is 530 g/mol. The first kappa shape index (κ1) is 27.4. The van der Waals surface area contributed by atoms with Gasteiger partial charge in [0, 0.05) is 25.2 Å². The summed E-state index contributed by atoms with van der Waals surface area (Å²) in [6, 6.07) is 14.6. The Morgan fingerprint density at radius 2 is 1.88 bits per heavy atom. The molecule has 10 nitrogen and oxygen atoms in total. The lowest BCUT2D eigenvalue weighted by Gasteiger charge is -2.34. The van der Waals surface area contributed by atoms with Crippen molar-refractivity contribution in [2.24, 2.45) is 0 Å². The first-order chi connectivity index (χ1) is 19.1. The zero-order valence-corrected chi connectivity index (χ0v) is 23.5. The molecule has 2 amide bonds. The molecule has 1 fully saturated rings. The number of ether oxygens (including phenoxy) is 1. The average Bonchev–Trinajstić information content (AvgIpc) is 3.32. The summed E-state index contributed by atoms with van der Waals surface area (Å²) in [6.45, 7) is 7.00. The van der Waals surface area contributed by atoms with Gasteiger partial charge in [0.1, 0.15) is 23.4 Å². The fraction of sp³-hybridized carbons (Fsp3) is 0.345. The first-order valence-corrected chi connectivity index (χ1v) is 13.6. The number of fused-ring (bicyclic) bond motifs is 1. The molecule has 1 atom stereocenters. The number of anilines is 1. The molecule has 40 heavy (non-hydrogen) atoms. The van der Waals surface area contributed by atoms with E-state index in [4.69, 9.17) is 27.2 Å². The minimum Gasteiger partial charge on any atom is -0.444 e. The Labute approximate surface area is 237 Å². The molecule has 4 aromatic rings. The molecule has 11 heteroatoms. The number of hydrogen-bond acceptors (Lipinski definition) is 7. The smallest absolute Gasteiger partial charge is 0.410 e. The summed E-state index contributed by atoms with van der Waals surface area (Å²) in [5.41, 5.74) is 9.21. The normalized spacial score (nSPS) is 15.7. The zero-order chi connectivity index (χ0) is 28.4. The van der Waals surface area contributed by atoms with Gasteiger partial charge in [0.05, 0.1) is 22.0 Å². The van der Waals surface area contributed by atoms with Gasteiger partial charge in [0.15, 0.2) is 5.65 Å². The van der Waals surface area contributed by atoms with Gasteiger partial charge in [0.2, 0.25) is 0 Å². The molecule has 0 spiro atoms. The van der Waals surface area contributed by atoms with E-state index in [1.165, 1.54) is 6.33 Å². The second kappa shape index (κ2) is 11.1. The highest BCUT2D eigenvalue weighted by atomic mass is 35.5. The van der Waals surface area contributed by atoms with Crippen molar-refractivity contribution in [3.8, 4) is 11.3 Å². The molecule has 208 valence electrons. The summed E-state index contributed by atoms with van der Waals surface area (Å²) in [7, 11) is 0. The van der Waals surface area contributed by atoms with Crippen molar-refractivity contribution >= 4 is 40.5 Å². The second-order valence-corrected chi connectivity index (χ2v) is 11.2. The Bertz CT molecular complexity index is 1550. The molecule has 1 saturated heterocycles. The third-order valence-electron chi connectivity index (χ3n) is 6.71. The van der Waals surface area contributed by atoms with E-state index in [9.17, 15) is 9.59 Å². The van der Waals surface area contributed by atoms with Crippen LogP contribution in [0, 0.1) is 0 Å². The Morgan fingerprint density at radius 1 is 1.12 bits per heavy atom. The number of rotatable bonds is 5. The van der Waals surface area contributed by atoms with Gasteiger partial charge < -0.3 is 20.7 Å². The minimum atomic E-state index is -0.569. The topological polar surface area (TPSA) is 128 Å². The number of amides is 2. The molecule has 3 N–H and O–H groups in total. The number of nitrogens with zero attached hydrogens (tertiary/aromatic N) is 5. The van der Waals surface area contributed by atoms with Crippen molar-refractivity contribution in [1.29, 1.82) is 0 Å². The van der Waals surface area contributed by atoms with Gasteiger partial charge in [-0.3, -0.25) is 4.79 Å². The molecule has 2 aromatic heterocycles. The molecule has 5 rings (SSSR count). The molecule has 2 aromatic carbocycles. The van der Waals surface area contributed by atoms with Crippen molar-refractivity contribution in [2.45, 2.75) is 51.8 Å². The quantitative estimate of drug-likeness (QED) is 0.341. The Kier molecular flexibility index (Phi) is 7.62. The van der Waals surface area contributed by atoms with E-state index >= 15 is 0 Å². The fourth-order valence-corrected chi connectivity index (χ4v) is 5.02. The van der Waals surface area contributed by atoms with E-state index in [1.54, 1.807) is 29.2 Å². The summed E-state index contributed by atoms with van der Waals surface area (Å²) in [5.74, 6) is 0.0966. The highest BCUT2D eigenvalue weighted by Gasteiger charge is 2.31. The van der Waals surface area contributed by atoms with Crippen LogP contribution in [0.15, 0.2) is 54.9 Å². The maximum atomic E-state index is 12.8. The molecule has 0 bridgehead atoms. The molecule has 0 radical (unpaired) electrons. The number of aromatic nitrogens is 4. The lowest BCUT2D eigenvalue weighted by atomic mass is 10.1. The molecule has 0 unspecified atom stereocenters. The highest BCUT2D eigenvalue weighted by molar-refractivity contribution is 6.33. The number of hydrogen-bond donors (Lipinski definition) is 2. The molecule has 1 aliphatic heterocycles. The lowest BCUT2D eigenvalue weighted by Crippen LogP contribution is -2.43. The molecule has 1 aliphatic rings. The third kappa shape index (κ3) is 5.86. The predicted octanol–water partition coefficient (Wildman–Crippen LogP) is 5.23. The van der Waals surface area contributed by atoms with Crippen LogP contribution in [0.1, 0.15) is 55.6 Å². The van der Waals surface area contributed by atoms with Crippen LogP contribution in [0.5, 0.6) is 0 Å². The first-order valence-electron chi connectivity index (χ1n) is 13.2. The second-order valence-electron chi connectivity index (χ2n) is 10.8. The number of carbonyl (C=O) groups excluding carboxylic acids is 2. The monoisotopic (exact) mass is 561 g/mol. The van der Waals surface area contributed by atoms with Crippen molar-refractivity contribution in [3.63, 3.8) is 0 Å². The minimum absolute atomic E-state index is 0.0916. The van der Waals surface area contributed by atoms with E-state index < -0.39 is 5.60 Å². The average molecular weight is 562 g/mol. The van der Waals surface area contributed by atoms with Crippen LogP contribution in [-0.2, 0) is 11.3 Å². The molecule has 0 aliphatic carbocycles. The van der Waals surface area contributed by atoms with E-state index in [0.29, 0.717) is 52.8 Å². The van der Waals surface area contributed by atoms with Crippen molar-refractivity contribution in [2.75, 3.05) is 18.8 Å². The van der Waals surface area contributed by atoms with E-state index in [2.05, 4.69) is 15.3 Å². The number of likely N-dealkylation sites (tertiary alicyclic amines) is 1. The van der Waals surface area contributed by atoms with E-state index in [1.807, 2.05) is 49.7 Å². The maximum absolute atomic E-state index is 12.8. The highest BCUT2D eigenvalue weighted by Crippen LogP contribution is 2.34. The van der Waals surface area contributed by atoms with Crippen molar-refractivity contribution < 1.29 is 14.3 Å². The van der Waals surface area contributed by atoms with Gasteiger partial charge in [-0.25, -0.2) is 19.4 Å². The van der Waals surface area contributed by atoms with Crippen LogP contribution in [-0.4, -0.2) is 55.3 Å². The van der Waals surface area contributed by atoms with Gasteiger partial charge in [-0.2, -0.15) is 5.10 Å². The summed E-state index contributed by atoms with van der Waals surface area (Å²) in [4.78, 5) is 35.7.